The Morgan fingerprint density at radius 2 is 1.44 bits per heavy atom. The number of benzene rings is 2. The highest BCUT2D eigenvalue weighted by molar-refractivity contribution is 9.10. The Kier molecular flexibility index (Phi) is 6.73. The number of carbonyl (C=O) groups excluding carboxylic acids is 2. The fourth-order valence-electron chi connectivity index (χ4n) is 2.25. The van der Waals surface area contributed by atoms with E-state index in [4.69, 9.17) is 0 Å². The summed E-state index contributed by atoms with van der Waals surface area (Å²) in [4.78, 5) is 25.8. The summed E-state index contributed by atoms with van der Waals surface area (Å²) in [5.74, 6) is -0.321. The average Bonchev–Trinajstić information content (AvgIpc) is 2.52. The minimum atomic E-state index is -0.165. The van der Waals surface area contributed by atoms with Crippen LogP contribution in [0.4, 0.5) is 11.4 Å². The molecule has 132 valence electrons. The molecule has 2 aromatic rings. The van der Waals surface area contributed by atoms with E-state index in [0.717, 1.165) is 27.0 Å². The Morgan fingerprint density at radius 1 is 0.920 bits per heavy atom. The number of aryl methyl sites for hydroxylation is 2. The molecule has 6 heteroatoms. The lowest BCUT2D eigenvalue weighted by Crippen LogP contribution is -2.36. The summed E-state index contributed by atoms with van der Waals surface area (Å²) in [6.07, 6.45) is 0. The highest BCUT2D eigenvalue weighted by atomic mass is 79.9. The van der Waals surface area contributed by atoms with E-state index in [1.165, 1.54) is 0 Å². The molecule has 0 aliphatic rings. The fraction of sp³-hybridized carbons (Fsp3) is 0.263. The molecule has 0 fully saturated rings. The molecular weight excluding hydrogens is 382 g/mol. The maximum absolute atomic E-state index is 12.1. The number of carbonyl (C=O) groups is 2. The number of amides is 2. The summed E-state index contributed by atoms with van der Waals surface area (Å²) in [5.41, 5.74) is 3.70. The molecule has 5 nitrogen and oxygen atoms in total. The van der Waals surface area contributed by atoms with E-state index in [2.05, 4.69) is 26.6 Å². The molecule has 2 rings (SSSR count). The number of halogens is 1. The van der Waals surface area contributed by atoms with Crippen LogP contribution >= 0.6 is 15.9 Å². The van der Waals surface area contributed by atoms with E-state index in [9.17, 15) is 9.59 Å². The van der Waals surface area contributed by atoms with Crippen molar-refractivity contribution in [3.8, 4) is 0 Å². The first-order valence-corrected chi connectivity index (χ1v) is 8.74. The van der Waals surface area contributed by atoms with Crippen LogP contribution in [0.3, 0.4) is 0 Å². The second kappa shape index (κ2) is 8.78. The van der Waals surface area contributed by atoms with Gasteiger partial charge in [-0.1, -0.05) is 39.7 Å². The predicted molar refractivity (Wildman–Crippen MR) is 105 cm³/mol. The zero-order valence-corrected chi connectivity index (χ0v) is 16.2. The minimum Gasteiger partial charge on any atom is -0.325 e. The van der Waals surface area contributed by atoms with Crippen LogP contribution in [0.15, 0.2) is 46.9 Å². The normalized spacial score (nSPS) is 10.6. The summed E-state index contributed by atoms with van der Waals surface area (Å²) in [5, 5.41) is 5.65. The molecule has 0 unspecified atom stereocenters. The third-order valence-corrected chi connectivity index (χ3v) is 4.47. The molecule has 0 heterocycles. The van der Waals surface area contributed by atoms with Crippen molar-refractivity contribution in [2.24, 2.45) is 0 Å². The van der Waals surface area contributed by atoms with E-state index in [1.54, 1.807) is 11.9 Å². The highest BCUT2D eigenvalue weighted by Crippen LogP contribution is 2.20. The molecule has 2 amide bonds. The van der Waals surface area contributed by atoms with Crippen molar-refractivity contribution in [3.63, 3.8) is 0 Å². The largest absolute Gasteiger partial charge is 0.325 e. The van der Waals surface area contributed by atoms with Gasteiger partial charge in [0.1, 0.15) is 0 Å². The van der Waals surface area contributed by atoms with Crippen LogP contribution in [0.5, 0.6) is 0 Å². The molecule has 0 radical (unpaired) electrons. The predicted octanol–water partition coefficient (Wildman–Crippen LogP) is 3.57. The topological polar surface area (TPSA) is 61.4 Å². The molecule has 0 aliphatic heterocycles. The quantitative estimate of drug-likeness (QED) is 0.774. The number of rotatable bonds is 6. The van der Waals surface area contributed by atoms with Gasteiger partial charge in [0, 0.05) is 15.8 Å². The number of likely N-dealkylation sites (N-methyl/N-ethyl adjacent to an activating group) is 1. The van der Waals surface area contributed by atoms with Crippen molar-refractivity contribution in [1.29, 1.82) is 0 Å². The van der Waals surface area contributed by atoms with E-state index >= 15 is 0 Å². The lowest BCUT2D eigenvalue weighted by molar-refractivity contribution is -0.119. The third kappa shape index (κ3) is 6.32. The second-order valence-corrected chi connectivity index (χ2v) is 6.95. The lowest BCUT2D eigenvalue weighted by Gasteiger charge is -2.16. The summed E-state index contributed by atoms with van der Waals surface area (Å²) < 4.78 is 0.941. The second-order valence-electron chi connectivity index (χ2n) is 6.10. The van der Waals surface area contributed by atoms with Crippen LogP contribution in [0.2, 0.25) is 0 Å². The maximum atomic E-state index is 12.1. The number of hydrogen-bond donors (Lipinski definition) is 2. The van der Waals surface area contributed by atoms with Gasteiger partial charge < -0.3 is 10.6 Å². The lowest BCUT2D eigenvalue weighted by atomic mass is 10.2. The number of anilines is 2. The van der Waals surface area contributed by atoms with Crippen molar-refractivity contribution >= 4 is 39.1 Å². The molecule has 0 spiro atoms. The van der Waals surface area contributed by atoms with E-state index in [-0.39, 0.29) is 24.9 Å². The Morgan fingerprint density at radius 3 is 2.00 bits per heavy atom. The summed E-state index contributed by atoms with van der Waals surface area (Å²) in [6.45, 7) is 4.24. The van der Waals surface area contributed by atoms with Crippen molar-refractivity contribution in [3.05, 3.63) is 58.1 Å². The Balaban J connectivity index is 1.81. The maximum Gasteiger partial charge on any atom is 0.238 e. The number of hydrogen-bond acceptors (Lipinski definition) is 3. The summed E-state index contributed by atoms with van der Waals surface area (Å²) in [7, 11) is 1.74. The molecule has 0 saturated carbocycles. The third-order valence-electron chi connectivity index (χ3n) is 3.62. The Hall–Kier alpha value is -2.18. The van der Waals surface area contributed by atoms with Crippen molar-refractivity contribution in [1.82, 2.24) is 4.90 Å². The van der Waals surface area contributed by atoms with Gasteiger partial charge in [-0.05, 0) is 50.7 Å². The monoisotopic (exact) mass is 403 g/mol. The zero-order chi connectivity index (χ0) is 18.4. The standard InChI is InChI=1S/C19H22BrN3O2/c1-13-4-7-15(8-5-13)21-18(24)11-23(3)12-19(25)22-16-9-6-14(2)17(20)10-16/h4-10H,11-12H2,1-3H3,(H,21,24)(H,22,25). The van der Waals surface area contributed by atoms with Crippen molar-refractivity contribution < 1.29 is 9.59 Å². The minimum absolute atomic E-state index is 0.132. The fourth-order valence-corrected chi connectivity index (χ4v) is 2.63. The molecule has 2 aromatic carbocycles. The van der Waals surface area contributed by atoms with E-state index in [1.807, 2.05) is 56.3 Å². The van der Waals surface area contributed by atoms with Gasteiger partial charge in [0.25, 0.3) is 0 Å². The molecule has 0 atom stereocenters. The highest BCUT2D eigenvalue weighted by Gasteiger charge is 2.11. The SMILES string of the molecule is Cc1ccc(NC(=O)CN(C)CC(=O)Nc2ccc(C)c(Br)c2)cc1. The van der Waals surface area contributed by atoms with Crippen LogP contribution < -0.4 is 10.6 Å². The zero-order valence-electron chi connectivity index (χ0n) is 14.6. The van der Waals surface area contributed by atoms with Gasteiger partial charge in [-0.3, -0.25) is 14.5 Å². The first-order chi connectivity index (χ1) is 11.8. The molecule has 0 aromatic heterocycles. The van der Waals surface area contributed by atoms with Gasteiger partial charge >= 0.3 is 0 Å². The van der Waals surface area contributed by atoms with Crippen LogP contribution in [0.25, 0.3) is 0 Å². The van der Waals surface area contributed by atoms with Gasteiger partial charge in [-0.15, -0.1) is 0 Å². The van der Waals surface area contributed by atoms with E-state index in [0.29, 0.717) is 0 Å². The Bertz CT molecular complexity index is 760. The average molecular weight is 404 g/mol. The van der Waals surface area contributed by atoms with Gasteiger partial charge in [0.05, 0.1) is 13.1 Å². The van der Waals surface area contributed by atoms with Crippen molar-refractivity contribution in [2.75, 3.05) is 30.8 Å². The van der Waals surface area contributed by atoms with E-state index < -0.39 is 0 Å². The first kappa shape index (κ1) is 19.1. The molecule has 2 N–H and O–H groups in total. The molecule has 0 aliphatic carbocycles. The molecule has 0 bridgehead atoms. The van der Waals surface area contributed by atoms with Gasteiger partial charge in [0.15, 0.2) is 0 Å². The summed E-state index contributed by atoms with van der Waals surface area (Å²) in [6, 6.07) is 13.2. The Labute approximate surface area is 156 Å². The summed E-state index contributed by atoms with van der Waals surface area (Å²) >= 11 is 3.44. The number of nitrogens with one attached hydrogen (secondary N) is 2. The number of nitrogens with zero attached hydrogens (tertiary/aromatic N) is 1. The van der Waals surface area contributed by atoms with Gasteiger partial charge in [0.2, 0.25) is 11.8 Å². The van der Waals surface area contributed by atoms with Crippen LogP contribution in [-0.2, 0) is 9.59 Å². The van der Waals surface area contributed by atoms with Crippen molar-refractivity contribution in [2.45, 2.75) is 13.8 Å². The van der Waals surface area contributed by atoms with Crippen LogP contribution in [-0.4, -0.2) is 36.9 Å². The molecule has 0 saturated heterocycles. The van der Waals surface area contributed by atoms with Crippen LogP contribution in [0.1, 0.15) is 11.1 Å². The van der Waals surface area contributed by atoms with Crippen LogP contribution in [0, 0.1) is 13.8 Å². The molecular formula is C19H22BrN3O2. The van der Waals surface area contributed by atoms with Gasteiger partial charge in [-0.25, -0.2) is 0 Å². The smallest absolute Gasteiger partial charge is 0.238 e. The molecule has 25 heavy (non-hydrogen) atoms. The van der Waals surface area contributed by atoms with Gasteiger partial charge in [-0.2, -0.15) is 0 Å². The first-order valence-electron chi connectivity index (χ1n) is 7.94.